The van der Waals surface area contributed by atoms with Crippen LogP contribution in [-0.2, 0) is 11.3 Å². The van der Waals surface area contributed by atoms with Crippen LogP contribution >= 0.6 is 0 Å². The summed E-state index contributed by atoms with van der Waals surface area (Å²) in [5, 5.41) is 11.6. The molecular weight excluding hydrogens is 654 g/mol. The van der Waals surface area contributed by atoms with Gasteiger partial charge < -0.3 is 24.2 Å². The summed E-state index contributed by atoms with van der Waals surface area (Å²) in [6.07, 6.45) is 7.43. The monoisotopic (exact) mass is 693 g/mol. The topological polar surface area (TPSA) is 99.9 Å². The first kappa shape index (κ1) is 33.8. The number of benzene rings is 2. The van der Waals surface area contributed by atoms with Crippen molar-refractivity contribution in [3.8, 4) is 24.0 Å². The molecule has 4 aliphatic rings. The van der Waals surface area contributed by atoms with E-state index in [1.165, 1.54) is 18.2 Å². The van der Waals surface area contributed by atoms with Crippen LogP contribution in [0.3, 0.4) is 0 Å². The van der Waals surface area contributed by atoms with Crippen molar-refractivity contribution in [3.05, 3.63) is 47.5 Å². The summed E-state index contributed by atoms with van der Waals surface area (Å²) in [7, 11) is 0. The number of ether oxygens (including phenoxy) is 1. The quantitative estimate of drug-likeness (QED) is 0.205. The summed E-state index contributed by atoms with van der Waals surface area (Å²) >= 11 is 0. The standard InChI is InChI=1S/C34H33F4N7O3.C2H6/c1-2-25-26(35)8-5-20-13-24(46)14-21(27(20)25)15-43-19-39-28-29(43)40-32(41-30(28)48-18-33-9-3-11-44(33)12-4-10-33)42-16-22-6-7-23(17-42)45(22)31(47)34(36,37)38;1-2/h1,5,8,13-14,19,22-23,46H,3-4,6-7,9-12,15-18H2;1-2H3. The number of hydrogen-bond donors (Lipinski definition) is 1. The maximum absolute atomic E-state index is 14.8. The average molecular weight is 694 g/mol. The van der Waals surface area contributed by atoms with E-state index in [0.717, 1.165) is 43.7 Å². The number of aromatic hydroxyl groups is 1. The summed E-state index contributed by atoms with van der Waals surface area (Å²) in [5.74, 6) is 0.571. The summed E-state index contributed by atoms with van der Waals surface area (Å²) in [4.78, 5) is 31.8. The third kappa shape index (κ3) is 5.75. The Morgan fingerprint density at radius 3 is 2.46 bits per heavy atom. The molecule has 10 nitrogen and oxygen atoms in total. The van der Waals surface area contributed by atoms with E-state index in [4.69, 9.17) is 21.1 Å². The van der Waals surface area contributed by atoms with Gasteiger partial charge in [0.05, 0.1) is 36.1 Å². The van der Waals surface area contributed by atoms with Gasteiger partial charge in [-0.3, -0.25) is 9.69 Å². The van der Waals surface area contributed by atoms with Gasteiger partial charge in [0.25, 0.3) is 0 Å². The van der Waals surface area contributed by atoms with Crippen molar-refractivity contribution in [2.75, 3.05) is 37.7 Å². The SMILES string of the molecule is C#Cc1c(F)ccc2cc(O)cc(Cn3cnc4c(OCC56CCCN5CCC6)nc(N5CC6CCC(C5)N6C(=O)C(F)(F)F)nc43)c12.CC. The minimum atomic E-state index is -4.95. The molecule has 1 N–H and O–H groups in total. The molecule has 6 heterocycles. The molecule has 0 radical (unpaired) electrons. The zero-order valence-electron chi connectivity index (χ0n) is 28.0. The van der Waals surface area contributed by atoms with Gasteiger partial charge in [0, 0.05) is 18.5 Å². The predicted molar refractivity (Wildman–Crippen MR) is 179 cm³/mol. The Hall–Kier alpha value is -4.64. The molecule has 4 aliphatic heterocycles. The van der Waals surface area contributed by atoms with Crippen LogP contribution in [0.5, 0.6) is 11.6 Å². The first-order chi connectivity index (χ1) is 24.0. The fraction of sp³-hybridized carbons (Fsp3) is 0.500. The highest BCUT2D eigenvalue weighted by Crippen LogP contribution is 2.41. The van der Waals surface area contributed by atoms with E-state index in [1.54, 1.807) is 17.0 Å². The second kappa shape index (κ2) is 12.9. The number of halogens is 4. The fourth-order valence-electron chi connectivity index (χ4n) is 8.43. The number of piperazine rings is 1. The van der Waals surface area contributed by atoms with Crippen molar-refractivity contribution in [2.24, 2.45) is 0 Å². The van der Waals surface area contributed by atoms with Gasteiger partial charge in [0.1, 0.15) is 18.2 Å². The number of amides is 1. The lowest BCUT2D eigenvalue weighted by atomic mass is 9.95. The molecule has 4 saturated heterocycles. The molecule has 2 aromatic heterocycles. The zero-order valence-corrected chi connectivity index (χ0v) is 28.0. The second-order valence-electron chi connectivity index (χ2n) is 13.4. The highest BCUT2D eigenvalue weighted by Gasteiger charge is 2.52. The smallest absolute Gasteiger partial charge is 0.471 e. The molecule has 2 atom stereocenters. The fourth-order valence-corrected chi connectivity index (χ4v) is 8.43. The number of rotatable bonds is 6. The molecule has 264 valence electrons. The Morgan fingerprint density at radius 2 is 1.80 bits per heavy atom. The van der Waals surface area contributed by atoms with Gasteiger partial charge in [-0.1, -0.05) is 25.8 Å². The molecule has 14 heteroatoms. The van der Waals surface area contributed by atoms with Gasteiger partial charge in [-0.05, 0) is 80.8 Å². The van der Waals surface area contributed by atoms with Gasteiger partial charge in [-0.15, -0.1) is 6.42 Å². The van der Waals surface area contributed by atoms with E-state index in [-0.39, 0.29) is 48.3 Å². The lowest BCUT2D eigenvalue weighted by molar-refractivity contribution is -0.188. The largest absolute Gasteiger partial charge is 0.508 e. The molecule has 8 rings (SSSR count). The summed E-state index contributed by atoms with van der Waals surface area (Å²) in [6.45, 7) is 6.83. The first-order valence-electron chi connectivity index (χ1n) is 17.2. The van der Waals surface area contributed by atoms with Crippen LogP contribution in [0.1, 0.15) is 63.5 Å². The van der Waals surface area contributed by atoms with Crippen molar-refractivity contribution in [3.63, 3.8) is 0 Å². The van der Waals surface area contributed by atoms with Crippen molar-refractivity contribution in [1.29, 1.82) is 0 Å². The predicted octanol–water partition coefficient (Wildman–Crippen LogP) is 5.63. The van der Waals surface area contributed by atoms with Gasteiger partial charge >= 0.3 is 12.1 Å². The molecular formula is C36H39F4N7O3. The summed E-state index contributed by atoms with van der Waals surface area (Å²) in [5.41, 5.74) is 1.34. The number of nitrogens with zero attached hydrogens (tertiary/aromatic N) is 7. The number of carbonyl (C=O) groups is 1. The molecule has 1 amide bonds. The van der Waals surface area contributed by atoms with Crippen LogP contribution in [0.4, 0.5) is 23.5 Å². The van der Waals surface area contributed by atoms with Gasteiger partial charge in [0.2, 0.25) is 11.8 Å². The molecule has 2 aromatic carbocycles. The Bertz CT molecular complexity index is 1970. The Kier molecular flexibility index (Phi) is 8.74. The van der Waals surface area contributed by atoms with Gasteiger partial charge in [0.15, 0.2) is 11.2 Å². The number of imidazole rings is 1. The van der Waals surface area contributed by atoms with E-state index < -0.39 is 30.0 Å². The highest BCUT2D eigenvalue weighted by atomic mass is 19.4. The number of carbonyl (C=O) groups excluding carboxylic acids is 1. The number of phenolic OH excluding ortho intramolecular Hbond substituents is 1. The molecule has 0 aliphatic carbocycles. The number of hydrogen-bond acceptors (Lipinski definition) is 8. The minimum Gasteiger partial charge on any atom is -0.508 e. The number of phenols is 1. The van der Waals surface area contributed by atoms with Gasteiger partial charge in [-0.25, -0.2) is 9.37 Å². The normalized spacial score (nSPS) is 21.3. The number of aromatic nitrogens is 4. The molecule has 2 bridgehead atoms. The van der Waals surface area contributed by atoms with E-state index >= 15 is 0 Å². The molecule has 4 fully saturated rings. The molecule has 0 saturated carbocycles. The van der Waals surface area contributed by atoms with Crippen LogP contribution in [0.2, 0.25) is 0 Å². The second-order valence-corrected chi connectivity index (χ2v) is 13.4. The number of terminal acetylenes is 1. The highest BCUT2D eigenvalue weighted by molar-refractivity contribution is 5.92. The summed E-state index contributed by atoms with van der Waals surface area (Å²) in [6, 6.07) is 4.60. The average Bonchev–Trinajstić information content (AvgIpc) is 3.85. The number of alkyl halides is 3. The van der Waals surface area contributed by atoms with E-state index in [1.807, 2.05) is 18.7 Å². The Labute approximate surface area is 287 Å². The van der Waals surface area contributed by atoms with Crippen LogP contribution in [-0.4, -0.2) is 96.9 Å². The van der Waals surface area contributed by atoms with E-state index in [9.17, 15) is 27.5 Å². The first-order valence-corrected chi connectivity index (χ1v) is 17.2. The lowest BCUT2D eigenvalue weighted by Gasteiger charge is -2.41. The van der Waals surface area contributed by atoms with Crippen molar-refractivity contribution in [1.82, 2.24) is 29.3 Å². The third-order valence-electron chi connectivity index (χ3n) is 10.6. The van der Waals surface area contributed by atoms with Crippen LogP contribution < -0.4 is 9.64 Å². The van der Waals surface area contributed by atoms with Crippen LogP contribution in [0, 0.1) is 18.2 Å². The maximum Gasteiger partial charge on any atom is 0.471 e. The van der Waals surface area contributed by atoms with E-state index in [2.05, 4.69) is 15.8 Å². The van der Waals surface area contributed by atoms with Crippen molar-refractivity contribution >= 4 is 33.8 Å². The lowest BCUT2D eigenvalue weighted by Crippen LogP contribution is -2.59. The number of fused-ring (bicyclic) bond motifs is 5. The number of anilines is 1. The van der Waals surface area contributed by atoms with Crippen molar-refractivity contribution < 1.29 is 32.2 Å². The van der Waals surface area contributed by atoms with Crippen LogP contribution in [0.25, 0.3) is 21.9 Å². The van der Waals surface area contributed by atoms with Crippen LogP contribution in [0.15, 0.2) is 30.6 Å². The molecule has 4 aromatic rings. The van der Waals surface area contributed by atoms with Gasteiger partial charge in [-0.2, -0.15) is 23.1 Å². The maximum atomic E-state index is 14.8. The van der Waals surface area contributed by atoms with E-state index in [0.29, 0.717) is 46.9 Å². The summed E-state index contributed by atoms with van der Waals surface area (Å²) < 4.78 is 63.3. The Morgan fingerprint density at radius 1 is 1.10 bits per heavy atom. The molecule has 50 heavy (non-hydrogen) atoms. The van der Waals surface area contributed by atoms with Crippen molar-refractivity contribution in [2.45, 2.75) is 82.7 Å². The Balaban J connectivity index is 0.00000193. The minimum absolute atomic E-state index is 0.0190. The molecule has 0 spiro atoms. The molecule has 2 unspecified atom stereocenters. The third-order valence-corrected chi connectivity index (χ3v) is 10.6. The zero-order chi connectivity index (χ0) is 35.4.